The summed E-state index contributed by atoms with van der Waals surface area (Å²) in [5.74, 6) is 0.751. The largest absolute Gasteiger partial charge is 0.310 e. The zero-order chi connectivity index (χ0) is 31.3. The summed E-state index contributed by atoms with van der Waals surface area (Å²) in [6.07, 6.45) is 0. The quantitative estimate of drug-likeness (QED) is 0.191. The molecule has 0 unspecified atom stereocenters. The van der Waals surface area contributed by atoms with Crippen molar-refractivity contribution < 1.29 is 0 Å². The lowest BCUT2D eigenvalue weighted by atomic mass is 9.86. The van der Waals surface area contributed by atoms with Crippen molar-refractivity contribution in [3.05, 3.63) is 126 Å². The second-order valence-electron chi connectivity index (χ2n) is 13.7. The summed E-state index contributed by atoms with van der Waals surface area (Å²) in [6, 6.07) is 41.6. The fourth-order valence-corrected chi connectivity index (χ4v) is 7.81. The summed E-state index contributed by atoms with van der Waals surface area (Å²) >= 11 is 3.30. The number of nitrogens with zero attached hydrogens (tertiary/aromatic N) is 3. The molecule has 7 rings (SSSR count). The molecule has 224 valence electrons. The van der Waals surface area contributed by atoms with E-state index >= 15 is 0 Å². The summed E-state index contributed by atoms with van der Waals surface area (Å²) in [5.41, 5.74) is 8.26. The van der Waals surface area contributed by atoms with Gasteiger partial charge in [-0.1, -0.05) is 114 Å². The van der Waals surface area contributed by atoms with Crippen molar-refractivity contribution in [1.29, 1.82) is 0 Å². The second kappa shape index (κ2) is 11.2. The molecule has 0 bridgehead atoms. The minimum Gasteiger partial charge on any atom is -0.310 e. The van der Waals surface area contributed by atoms with E-state index in [0.717, 1.165) is 39.0 Å². The average Bonchev–Trinajstić information content (AvgIpc) is 3.67. The molecule has 0 radical (unpaired) electrons. The van der Waals surface area contributed by atoms with Crippen LogP contribution in [0.1, 0.15) is 52.7 Å². The molecule has 7 aromatic rings. The van der Waals surface area contributed by atoms with Gasteiger partial charge < -0.3 is 4.90 Å². The minimum atomic E-state index is 0.0891. The zero-order valence-corrected chi connectivity index (χ0v) is 28.3. The molecule has 0 saturated heterocycles. The molecular weight excluding hydrogens is 587 g/mol. The molecular formula is C40H37N3S2. The van der Waals surface area contributed by atoms with Gasteiger partial charge in [-0.15, -0.1) is 11.3 Å². The lowest BCUT2D eigenvalue weighted by molar-refractivity contribution is 0.590. The number of hydrogen-bond acceptors (Lipinski definition) is 5. The molecule has 0 atom stereocenters. The number of anilines is 3. The molecule has 0 amide bonds. The number of aromatic nitrogens is 2. The average molecular weight is 624 g/mol. The third-order valence-electron chi connectivity index (χ3n) is 8.41. The topological polar surface area (TPSA) is 29.0 Å². The molecule has 0 aliphatic heterocycles. The first-order valence-electron chi connectivity index (χ1n) is 15.4. The molecule has 0 N–H and O–H groups in total. The van der Waals surface area contributed by atoms with Crippen molar-refractivity contribution in [3.63, 3.8) is 0 Å². The highest BCUT2D eigenvalue weighted by atomic mass is 32.1. The van der Waals surface area contributed by atoms with Crippen LogP contribution in [0.5, 0.6) is 0 Å². The standard InChI is InChI=1S/C40H37N3S2/c1-39(2,3)27-17-21-29(22-18-27)43(30-23-19-28(20-24-30)40(4,5)6)31-12-9-11-26(25-31)37-41-38(45-42-37)34-15-10-14-33-32-13-7-8-16-35(32)44-36(33)34/h7-25H,1-6H3. The first kappa shape index (κ1) is 29.4. The van der Waals surface area contributed by atoms with Gasteiger partial charge in [-0.25, -0.2) is 4.98 Å². The summed E-state index contributed by atoms with van der Waals surface area (Å²) in [7, 11) is 0. The monoisotopic (exact) mass is 623 g/mol. The van der Waals surface area contributed by atoms with Crippen LogP contribution in [0.4, 0.5) is 17.1 Å². The summed E-state index contributed by atoms with van der Waals surface area (Å²) < 4.78 is 7.42. The first-order chi connectivity index (χ1) is 21.6. The Bertz CT molecular complexity index is 2060. The van der Waals surface area contributed by atoms with Crippen LogP contribution >= 0.6 is 22.9 Å². The molecule has 0 aliphatic rings. The van der Waals surface area contributed by atoms with Gasteiger partial charge in [0.1, 0.15) is 5.01 Å². The number of benzene rings is 5. The highest BCUT2D eigenvalue weighted by Crippen LogP contribution is 2.42. The van der Waals surface area contributed by atoms with E-state index in [0.29, 0.717) is 0 Å². The van der Waals surface area contributed by atoms with Gasteiger partial charge in [0.25, 0.3) is 0 Å². The zero-order valence-electron chi connectivity index (χ0n) is 26.6. The van der Waals surface area contributed by atoms with E-state index in [9.17, 15) is 0 Å². The van der Waals surface area contributed by atoms with Gasteiger partial charge in [-0.05, 0) is 76.0 Å². The maximum atomic E-state index is 5.09. The van der Waals surface area contributed by atoms with Crippen molar-refractivity contribution in [3.8, 4) is 22.0 Å². The molecule has 0 fully saturated rings. The smallest absolute Gasteiger partial charge is 0.173 e. The Morgan fingerprint density at radius 3 is 1.82 bits per heavy atom. The predicted molar refractivity (Wildman–Crippen MR) is 196 cm³/mol. The van der Waals surface area contributed by atoms with Gasteiger partial charge in [0.15, 0.2) is 5.82 Å². The molecule has 3 nitrogen and oxygen atoms in total. The van der Waals surface area contributed by atoms with Crippen LogP contribution in [0.3, 0.4) is 0 Å². The predicted octanol–water partition coefficient (Wildman–Crippen LogP) is 12.3. The highest BCUT2D eigenvalue weighted by molar-refractivity contribution is 7.26. The van der Waals surface area contributed by atoms with Crippen molar-refractivity contribution in [1.82, 2.24) is 9.36 Å². The lowest BCUT2D eigenvalue weighted by Crippen LogP contribution is -2.14. The SMILES string of the molecule is CC(C)(C)c1ccc(N(c2ccc(C(C)(C)C)cc2)c2cccc(-c3nsc(-c4cccc5c4sc4ccccc45)n3)c2)cc1. The van der Waals surface area contributed by atoms with Gasteiger partial charge in [0.05, 0.1) is 0 Å². The van der Waals surface area contributed by atoms with Gasteiger partial charge in [-0.3, -0.25) is 0 Å². The van der Waals surface area contributed by atoms with E-state index in [2.05, 4.69) is 162 Å². The Morgan fingerprint density at radius 1 is 0.578 bits per heavy atom. The number of hydrogen-bond donors (Lipinski definition) is 0. The summed E-state index contributed by atoms with van der Waals surface area (Å²) in [5, 5.41) is 3.51. The normalized spacial score (nSPS) is 12.2. The fourth-order valence-electron chi connectivity index (χ4n) is 5.82. The van der Waals surface area contributed by atoms with Crippen LogP contribution in [0.25, 0.3) is 42.1 Å². The fraction of sp³-hybridized carbons (Fsp3) is 0.200. The van der Waals surface area contributed by atoms with E-state index in [1.54, 1.807) is 0 Å². The van der Waals surface area contributed by atoms with Crippen LogP contribution in [-0.2, 0) is 10.8 Å². The second-order valence-corrected chi connectivity index (χ2v) is 15.5. The van der Waals surface area contributed by atoms with E-state index in [-0.39, 0.29) is 10.8 Å². The molecule has 0 spiro atoms. The first-order valence-corrected chi connectivity index (χ1v) is 17.0. The molecule has 2 aromatic heterocycles. The minimum absolute atomic E-state index is 0.0891. The Balaban J connectivity index is 1.29. The van der Waals surface area contributed by atoms with E-state index in [1.807, 2.05) is 11.3 Å². The van der Waals surface area contributed by atoms with Crippen LogP contribution in [0.2, 0.25) is 0 Å². The third kappa shape index (κ3) is 5.67. The molecule has 0 saturated carbocycles. The van der Waals surface area contributed by atoms with Gasteiger partial charge in [0, 0.05) is 48.4 Å². The Hall–Kier alpha value is -4.32. The van der Waals surface area contributed by atoms with Crippen LogP contribution < -0.4 is 4.90 Å². The van der Waals surface area contributed by atoms with Crippen molar-refractivity contribution in [2.24, 2.45) is 0 Å². The maximum absolute atomic E-state index is 5.09. The van der Waals surface area contributed by atoms with Gasteiger partial charge in [-0.2, -0.15) is 4.37 Å². The van der Waals surface area contributed by atoms with Crippen LogP contribution in [0.15, 0.2) is 115 Å². The Morgan fingerprint density at radius 2 is 1.18 bits per heavy atom. The summed E-state index contributed by atoms with van der Waals surface area (Å²) in [4.78, 5) is 7.42. The van der Waals surface area contributed by atoms with Crippen LogP contribution in [0, 0.1) is 0 Å². The molecule has 5 heteroatoms. The Labute approximate surface area is 274 Å². The lowest BCUT2D eigenvalue weighted by Gasteiger charge is -2.28. The van der Waals surface area contributed by atoms with E-state index in [1.165, 1.54) is 42.8 Å². The number of thiophene rings is 1. The summed E-state index contributed by atoms with van der Waals surface area (Å²) in [6.45, 7) is 13.5. The number of fused-ring (bicyclic) bond motifs is 3. The molecule has 0 aliphatic carbocycles. The van der Waals surface area contributed by atoms with Crippen molar-refractivity contribution >= 4 is 60.1 Å². The molecule has 2 heterocycles. The highest BCUT2D eigenvalue weighted by Gasteiger charge is 2.20. The van der Waals surface area contributed by atoms with Crippen molar-refractivity contribution in [2.75, 3.05) is 4.90 Å². The van der Waals surface area contributed by atoms with Crippen LogP contribution in [-0.4, -0.2) is 9.36 Å². The number of rotatable bonds is 5. The molecule has 45 heavy (non-hydrogen) atoms. The van der Waals surface area contributed by atoms with Gasteiger partial charge in [0.2, 0.25) is 0 Å². The maximum Gasteiger partial charge on any atom is 0.173 e. The van der Waals surface area contributed by atoms with Gasteiger partial charge >= 0.3 is 0 Å². The third-order valence-corrected chi connectivity index (χ3v) is 10.4. The van der Waals surface area contributed by atoms with E-state index in [4.69, 9.17) is 9.36 Å². The Kier molecular flexibility index (Phi) is 7.34. The van der Waals surface area contributed by atoms with Crippen molar-refractivity contribution in [2.45, 2.75) is 52.4 Å². The molecule has 5 aromatic carbocycles. The van der Waals surface area contributed by atoms with E-state index < -0.39 is 0 Å².